The van der Waals surface area contributed by atoms with Crippen molar-refractivity contribution >= 4 is 45.6 Å². The zero-order valence-corrected chi connectivity index (χ0v) is 9.93. The third-order valence-electron chi connectivity index (χ3n) is 0.893. The maximum Gasteiger partial charge on any atom is 0.305 e. The Kier molecular flexibility index (Phi) is 8.49. The number of esters is 1. The molecule has 0 unspecified atom stereocenters. The Balaban J connectivity index is 0. The molecule has 0 aliphatic heterocycles. The molecule has 0 amide bonds. The van der Waals surface area contributed by atoms with Crippen molar-refractivity contribution < 1.29 is 22.5 Å². The quantitative estimate of drug-likeness (QED) is 0.378. The van der Waals surface area contributed by atoms with Crippen molar-refractivity contribution in [2.24, 2.45) is 0 Å². The molecule has 0 atom stereocenters. The van der Waals surface area contributed by atoms with Gasteiger partial charge in [0.1, 0.15) is 12.4 Å². The number of carbonyl (C=O) groups excluding carboxylic acids is 1. The molecule has 5 nitrogen and oxygen atoms in total. The van der Waals surface area contributed by atoms with E-state index in [0.717, 1.165) is 0 Å². The summed E-state index contributed by atoms with van der Waals surface area (Å²) in [5, 5.41) is 0. The molecule has 7 heteroatoms. The van der Waals surface area contributed by atoms with Gasteiger partial charge in [-0.3, -0.25) is 9.35 Å². The molecule has 0 aliphatic rings. The van der Waals surface area contributed by atoms with Crippen LogP contribution in [0.1, 0.15) is 13.3 Å². The monoisotopic (exact) mass is 205 g/mol. The second kappa shape index (κ2) is 6.85. The molecule has 1 N–H and O–H groups in total. The van der Waals surface area contributed by atoms with Crippen molar-refractivity contribution in [3.8, 4) is 0 Å². The Morgan fingerprint density at radius 1 is 1.50 bits per heavy atom. The minimum Gasteiger partial charge on any atom is -0.465 e. The van der Waals surface area contributed by atoms with Crippen molar-refractivity contribution in [1.29, 1.82) is 0 Å². The summed E-state index contributed by atoms with van der Waals surface area (Å²) in [6, 6.07) is 0. The van der Waals surface area contributed by atoms with Gasteiger partial charge in [0.05, 0.1) is 0 Å². The zero-order chi connectivity index (χ0) is 8.91. The van der Waals surface area contributed by atoms with E-state index in [4.69, 9.17) is 4.55 Å². The molecule has 0 bridgehead atoms. The fraction of sp³-hybridized carbons (Fsp3) is 0.800. The van der Waals surface area contributed by atoms with E-state index in [9.17, 15) is 13.2 Å². The first-order valence-corrected chi connectivity index (χ1v) is 4.67. The van der Waals surface area contributed by atoms with Gasteiger partial charge in [0, 0.05) is 36.0 Å². The summed E-state index contributed by atoms with van der Waals surface area (Å²) in [5.41, 5.74) is 0. The molecule has 0 aromatic heterocycles. The second-order valence-corrected chi connectivity index (χ2v) is 3.43. The summed E-state index contributed by atoms with van der Waals surface area (Å²) in [4.78, 5) is 10.4. The van der Waals surface area contributed by atoms with Crippen LogP contribution < -0.4 is 0 Å². The first-order valence-electron chi connectivity index (χ1n) is 3.06. The van der Waals surface area contributed by atoms with E-state index in [1.807, 2.05) is 0 Å². The minimum atomic E-state index is -4.01. The molecule has 0 aliphatic carbocycles. The van der Waals surface area contributed by atoms with Gasteiger partial charge >= 0.3 is 5.97 Å². The van der Waals surface area contributed by atoms with Crippen molar-refractivity contribution in [1.82, 2.24) is 0 Å². The van der Waals surface area contributed by atoms with E-state index in [-0.39, 0.29) is 42.6 Å². The molecule has 0 saturated carbocycles. The van der Waals surface area contributed by atoms with Crippen LogP contribution in [0.2, 0.25) is 0 Å². The van der Waals surface area contributed by atoms with Gasteiger partial charge in [-0.2, -0.15) is 8.42 Å². The van der Waals surface area contributed by atoms with Gasteiger partial charge in [0.15, 0.2) is 0 Å². The molecule has 0 heterocycles. The van der Waals surface area contributed by atoms with Crippen LogP contribution in [0.3, 0.4) is 0 Å². The number of carbonyl (C=O) groups is 1. The molecular formula is C5H10NaO5S. The predicted molar refractivity (Wildman–Crippen MR) is 43.4 cm³/mol. The first-order chi connectivity index (χ1) is 4.95. The van der Waals surface area contributed by atoms with Crippen molar-refractivity contribution in [3.05, 3.63) is 0 Å². The summed E-state index contributed by atoms with van der Waals surface area (Å²) in [6.45, 7) is 1.31. The van der Waals surface area contributed by atoms with Crippen LogP contribution in [0.5, 0.6) is 0 Å². The summed E-state index contributed by atoms with van der Waals surface area (Å²) < 4.78 is 32.7. The molecule has 0 fully saturated rings. The van der Waals surface area contributed by atoms with Crippen LogP contribution in [0.25, 0.3) is 0 Å². The molecule has 0 saturated heterocycles. The third-order valence-corrected chi connectivity index (χ3v) is 1.58. The Bertz CT molecular complexity index is 222. The van der Waals surface area contributed by atoms with Crippen molar-refractivity contribution in [2.75, 3.05) is 12.4 Å². The summed E-state index contributed by atoms with van der Waals surface area (Å²) in [7, 11) is -4.01. The third kappa shape index (κ3) is 10.4. The van der Waals surface area contributed by atoms with E-state index in [1.54, 1.807) is 6.92 Å². The van der Waals surface area contributed by atoms with Crippen LogP contribution in [-0.2, 0) is 19.6 Å². The largest absolute Gasteiger partial charge is 0.465 e. The normalized spacial score (nSPS) is 10.2. The van der Waals surface area contributed by atoms with E-state index < -0.39 is 21.8 Å². The maximum absolute atomic E-state index is 10.4. The maximum atomic E-state index is 10.4. The zero-order valence-electron chi connectivity index (χ0n) is 7.11. The van der Waals surface area contributed by atoms with Gasteiger partial charge < -0.3 is 4.74 Å². The van der Waals surface area contributed by atoms with Crippen molar-refractivity contribution in [2.45, 2.75) is 13.3 Å². The minimum absolute atomic E-state index is 0. The topological polar surface area (TPSA) is 80.7 Å². The van der Waals surface area contributed by atoms with E-state index in [0.29, 0.717) is 0 Å². The smallest absolute Gasteiger partial charge is 0.305 e. The standard InChI is InChI=1S/C5H10O5S.Na/c1-2-5(6)10-3-4-11(7,8)9;/h2-4H2,1H3,(H,7,8,9);. The predicted octanol–water partition coefficient (Wildman–Crippen LogP) is -0.553. The van der Waals surface area contributed by atoms with Gasteiger partial charge in [0.2, 0.25) is 0 Å². The SMILES string of the molecule is CCC(=O)OCCS(=O)(=O)O.[Na]. The average molecular weight is 205 g/mol. The Morgan fingerprint density at radius 2 is 2.00 bits per heavy atom. The van der Waals surface area contributed by atoms with Gasteiger partial charge in [-0.05, 0) is 0 Å². The van der Waals surface area contributed by atoms with Gasteiger partial charge in [-0.15, -0.1) is 0 Å². The van der Waals surface area contributed by atoms with E-state index in [2.05, 4.69) is 4.74 Å². The molecule has 0 rings (SSSR count). The average Bonchev–Trinajstić information content (AvgIpc) is 1.85. The van der Waals surface area contributed by atoms with Gasteiger partial charge in [-0.1, -0.05) is 6.92 Å². The van der Waals surface area contributed by atoms with Gasteiger partial charge in [-0.25, -0.2) is 0 Å². The number of hydrogen-bond acceptors (Lipinski definition) is 4. The Labute approximate surface area is 93.5 Å². The number of ether oxygens (including phenoxy) is 1. The second-order valence-electron chi connectivity index (χ2n) is 1.86. The Hall–Kier alpha value is 0.380. The first kappa shape index (κ1) is 14.9. The summed E-state index contributed by atoms with van der Waals surface area (Å²) in [6.07, 6.45) is 0.200. The molecular weight excluding hydrogens is 195 g/mol. The fourth-order valence-corrected chi connectivity index (χ4v) is 0.657. The van der Waals surface area contributed by atoms with E-state index in [1.165, 1.54) is 0 Å². The summed E-state index contributed by atoms with van der Waals surface area (Å²) >= 11 is 0. The van der Waals surface area contributed by atoms with Crippen LogP contribution >= 0.6 is 0 Å². The summed E-state index contributed by atoms with van der Waals surface area (Å²) in [5.74, 6) is -1.02. The van der Waals surface area contributed by atoms with Crippen LogP contribution in [0, 0.1) is 0 Å². The van der Waals surface area contributed by atoms with Crippen LogP contribution in [0.4, 0.5) is 0 Å². The molecule has 12 heavy (non-hydrogen) atoms. The Morgan fingerprint density at radius 3 is 2.33 bits per heavy atom. The number of hydrogen-bond donors (Lipinski definition) is 1. The van der Waals surface area contributed by atoms with Gasteiger partial charge in [0.25, 0.3) is 10.1 Å². The molecule has 0 aromatic carbocycles. The molecule has 1 radical (unpaired) electrons. The number of rotatable bonds is 4. The van der Waals surface area contributed by atoms with Crippen LogP contribution in [0.15, 0.2) is 0 Å². The molecule has 67 valence electrons. The van der Waals surface area contributed by atoms with Crippen LogP contribution in [-0.4, -0.2) is 60.9 Å². The molecule has 0 spiro atoms. The fourth-order valence-electron chi connectivity index (χ4n) is 0.363. The van der Waals surface area contributed by atoms with Crippen molar-refractivity contribution in [3.63, 3.8) is 0 Å². The van der Waals surface area contributed by atoms with E-state index >= 15 is 0 Å². The molecule has 0 aromatic rings.